The maximum atomic E-state index is 11.8. The van der Waals surface area contributed by atoms with Crippen molar-refractivity contribution in [2.45, 2.75) is 52.2 Å². The molecule has 1 fully saturated rings. The molecule has 0 radical (unpaired) electrons. The van der Waals surface area contributed by atoms with E-state index in [2.05, 4.69) is 15.6 Å². The predicted octanol–water partition coefficient (Wildman–Crippen LogP) is 1.75. The van der Waals surface area contributed by atoms with Gasteiger partial charge >= 0.3 is 6.03 Å². The molecule has 0 aliphatic heterocycles. The molecule has 0 spiro atoms. The Hall–Kier alpha value is -1.82. The van der Waals surface area contributed by atoms with Crippen molar-refractivity contribution < 1.29 is 9.53 Å². The fourth-order valence-corrected chi connectivity index (χ4v) is 2.78. The van der Waals surface area contributed by atoms with Crippen LogP contribution in [0.3, 0.4) is 0 Å². The van der Waals surface area contributed by atoms with E-state index >= 15 is 0 Å². The Bertz CT molecular complexity index is 562. The van der Waals surface area contributed by atoms with Crippen molar-refractivity contribution in [3.63, 3.8) is 0 Å². The maximum Gasteiger partial charge on any atom is 0.315 e. The summed E-state index contributed by atoms with van der Waals surface area (Å²) in [6.07, 6.45) is 5.09. The van der Waals surface area contributed by atoms with Crippen molar-refractivity contribution in [1.82, 2.24) is 15.6 Å². The SMILES string of the molecule is Cc1cc(C)c(CNC(=O)NCCOC2CCCC2)c(=O)[nH]1. The molecule has 1 aliphatic rings. The highest BCUT2D eigenvalue weighted by molar-refractivity contribution is 5.73. The van der Waals surface area contributed by atoms with E-state index in [4.69, 9.17) is 4.74 Å². The van der Waals surface area contributed by atoms with Crippen molar-refractivity contribution >= 4 is 6.03 Å². The number of rotatable bonds is 6. The number of carbonyl (C=O) groups excluding carboxylic acids is 1. The van der Waals surface area contributed by atoms with Gasteiger partial charge in [0, 0.05) is 17.8 Å². The first-order valence-corrected chi connectivity index (χ1v) is 7.89. The molecule has 2 rings (SSSR count). The summed E-state index contributed by atoms with van der Waals surface area (Å²) in [5.41, 5.74) is 2.14. The van der Waals surface area contributed by atoms with Gasteiger partial charge in [0.25, 0.3) is 5.56 Å². The zero-order chi connectivity index (χ0) is 15.9. The number of hydrogen-bond acceptors (Lipinski definition) is 3. The Balaban J connectivity index is 1.68. The van der Waals surface area contributed by atoms with Gasteiger partial charge in [0.15, 0.2) is 0 Å². The number of nitrogens with one attached hydrogen (secondary N) is 3. The van der Waals surface area contributed by atoms with Gasteiger partial charge in [-0.15, -0.1) is 0 Å². The smallest absolute Gasteiger partial charge is 0.315 e. The summed E-state index contributed by atoms with van der Waals surface area (Å²) in [6, 6.07) is 1.61. The van der Waals surface area contributed by atoms with Gasteiger partial charge in [-0.05, 0) is 38.3 Å². The Kier molecular flexibility index (Phi) is 6.00. The molecular weight excluding hydrogens is 282 g/mol. The van der Waals surface area contributed by atoms with Crippen LogP contribution in [0.5, 0.6) is 0 Å². The molecule has 1 heterocycles. The van der Waals surface area contributed by atoms with E-state index in [0.29, 0.717) is 24.8 Å². The first-order valence-electron chi connectivity index (χ1n) is 7.89. The number of hydrogen-bond donors (Lipinski definition) is 3. The second-order valence-corrected chi connectivity index (χ2v) is 5.83. The zero-order valence-corrected chi connectivity index (χ0v) is 13.3. The Morgan fingerprint density at radius 3 is 2.73 bits per heavy atom. The van der Waals surface area contributed by atoms with E-state index in [1.807, 2.05) is 19.9 Å². The molecule has 122 valence electrons. The third kappa shape index (κ3) is 4.87. The van der Waals surface area contributed by atoms with Crippen LogP contribution in [0, 0.1) is 13.8 Å². The minimum atomic E-state index is -0.283. The van der Waals surface area contributed by atoms with Crippen LogP contribution >= 0.6 is 0 Å². The number of aromatic nitrogens is 1. The molecule has 0 saturated heterocycles. The molecule has 22 heavy (non-hydrogen) atoms. The van der Waals surface area contributed by atoms with E-state index in [1.54, 1.807) is 0 Å². The van der Waals surface area contributed by atoms with Gasteiger partial charge in [-0.2, -0.15) is 0 Å². The highest BCUT2D eigenvalue weighted by Gasteiger charge is 2.14. The van der Waals surface area contributed by atoms with Gasteiger partial charge < -0.3 is 20.4 Å². The molecule has 1 aromatic heterocycles. The number of carbonyl (C=O) groups is 1. The molecule has 2 amide bonds. The molecule has 0 aromatic carbocycles. The third-order valence-electron chi connectivity index (χ3n) is 3.96. The van der Waals surface area contributed by atoms with Crippen LogP contribution in [-0.4, -0.2) is 30.3 Å². The van der Waals surface area contributed by atoms with Gasteiger partial charge in [0.1, 0.15) is 0 Å². The van der Waals surface area contributed by atoms with E-state index in [-0.39, 0.29) is 18.1 Å². The first-order chi connectivity index (χ1) is 10.6. The summed E-state index contributed by atoms with van der Waals surface area (Å²) in [7, 11) is 0. The summed E-state index contributed by atoms with van der Waals surface area (Å²) < 4.78 is 5.67. The van der Waals surface area contributed by atoms with Crippen molar-refractivity contribution in [1.29, 1.82) is 0 Å². The minimum absolute atomic E-state index is 0.151. The van der Waals surface area contributed by atoms with Gasteiger partial charge in [0.2, 0.25) is 0 Å². The topological polar surface area (TPSA) is 83.2 Å². The molecule has 1 aromatic rings. The highest BCUT2D eigenvalue weighted by Crippen LogP contribution is 2.20. The van der Waals surface area contributed by atoms with E-state index in [9.17, 15) is 9.59 Å². The number of pyridine rings is 1. The summed E-state index contributed by atoms with van der Waals surface area (Å²) in [6.45, 7) is 4.93. The lowest BCUT2D eigenvalue weighted by Gasteiger charge is -2.12. The van der Waals surface area contributed by atoms with Gasteiger partial charge in [0.05, 0.1) is 19.3 Å². The van der Waals surface area contributed by atoms with Gasteiger partial charge in [-0.1, -0.05) is 12.8 Å². The fraction of sp³-hybridized carbons (Fsp3) is 0.625. The summed E-state index contributed by atoms with van der Waals surface area (Å²) in [5.74, 6) is 0. The van der Waals surface area contributed by atoms with Crippen LogP contribution in [-0.2, 0) is 11.3 Å². The average molecular weight is 307 g/mol. The third-order valence-corrected chi connectivity index (χ3v) is 3.96. The summed E-state index contributed by atoms with van der Waals surface area (Å²) in [5, 5.41) is 5.44. The van der Waals surface area contributed by atoms with Gasteiger partial charge in [-0.25, -0.2) is 4.79 Å². The molecule has 0 unspecified atom stereocenters. The van der Waals surface area contributed by atoms with E-state index < -0.39 is 0 Å². The van der Waals surface area contributed by atoms with Crippen molar-refractivity contribution in [2.24, 2.45) is 0 Å². The quantitative estimate of drug-likeness (QED) is 0.700. The normalized spacial score (nSPS) is 15.0. The first kappa shape index (κ1) is 16.5. The van der Waals surface area contributed by atoms with E-state index in [1.165, 1.54) is 12.8 Å². The van der Waals surface area contributed by atoms with E-state index in [0.717, 1.165) is 24.1 Å². The molecule has 6 heteroatoms. The van der Waals surface area contributed by atoms with Crippen molar-refractivity contribution in [3.8, 4) is 0 Å². The molecular formula is C16H25N3O3. The summed E-state index contributed by atoms with van der Waals surface area (Å²) in [4.78, 5) is 26.3. The Morgan fingerprint density at radius 2 is 2.05 bits per heavy atom. The molecule has 0 atom stereocenters. The van der Waals surface area contributed by atoms with Crippen LogP contribution in [0.4, 0.5) is 4.79 Å². The van der Waals surface area contributed by atoms with Crippen LogP contribution in [0.1, 0.15) is 42.5 Å². The lowest BCUT2D eigenvalue weighted by molar-refractivity contribution is 0.0613. The molecule has 1 saturated carbocycles. The summed E-state index contributed by atoms with van der Waals surface area (Å²) >= 11 is 0. The predicted molar refractivity (Wildman–Crippen MR) is 85.0 cm³/mol. The van der Waals surface area contributed by atoms with Crippen LogP contribution in [0.15, 0.2) is 10.9 Å². The Labute approximate surface area is 130 Å². The maximum absolute atomic E-state index is 11.8. The monoisotopic (exact) mass is 307 g/mol. The number of amides is 2. The minimum Gasteiger partial charge on any atom is -0.376 e. The number of urea groups is 1. The van der Waals surface area contributed by atoms with Crippen LogP contribution in [0.25, 0.3) is 0 Å². The average Bonchev–Trinajstić information content (AvgIpc) is 2.95. The number of H-pyrrole nitrogens is 1. The zero-order valence-electron chi connectivity index (χ0n) is 13.3. The lowest BCUT2D eigenvalue weighted by Crippen LogP contribution is -2.38. The second kappa shape index (κ2) is 7.98. The van der Waals surface area contributed by atoms with Crippen LogP contribution in [0.2, 0.25) is 0 Å². The van der Waals surface area contributed by atoms with Crippen molar-refractivity contribution in [3.05, 3.63) is 33.2 Å². The number of aromatic amines is 1. The second-order valence-electron chi connectivity index (χ2n) is 5.83. The molecule has 6 nitrogen and oxygen atoms in total. The van der Waals surface area contributed by atoms with Crippen LogP contribution < -0.4 is 16.2 Å². The molecule has 3 N–H and O–H groups in total. The Morgan fingerprint density at radius 1 is 1.32 bits per heavy atom. The fourth-order valence-electron chi connectivity index (χ4n) is 2.78. The number of aryl methyl sites for hydroxylation is 2. The molecule has 1 aliphatic carbocycles. The van der Waals surface area contributed by atoms with Gasteiger partial charge in [-0.3, -0.25) is 4.79 Å². The standard InChI is InChI=1S/C16H25N3O3/c1-11-9-12(2)19-15(20)14(11)10-18-16(21)17-7-8-22-13-5-3-4-6-13/h9,13H,3-8,10H2,1-2H3,(H,19,20)(H2,17,18,21). The lowest BCUT2D eigenvalue weighted by atomic mass is 10.1. The van der Waals surface area contributed by atoms with Crippen molar-refractivity contribution in [2.75, 3.05) is 13.2 Å². The molecule has 0 bridgehead atoms. The highest BCUT2D eigenvalue weighted by atomic mass is 16.5. The number of ether oxygens (including phenoxy) is 1. The largest absolute Gasteiger partial charge is 0.376 e.